The quantitative estimate of drug-likeness (QED) is 0.862. The molecule has 22 heavy (non-hydrogen) atoms. The number of hydrogen-bond donors (Lipinski definition) is 1. The lowest BCUT2D eigenvalue weighted by atomic mass is 9.94. The summed E-state index contributed by atoms with van der Waals surface area (Å²) in [5.74, 6) is 1.68. The van der Waals surface area contributed by atoms with E-state index in [2.05, 4.69) is 29.4 Å². The fraction of sp³-hybridized carbons (Fsp3) is 0.733. The molecule has 1 saturated heterocycles. The predicted molar refractivity (Wildman–Crippen MR) is 88.2 cm³/mol. The summed E-state index contributed by atoms with van der Waals surface area (Å²) >= 11 is 0. The van der Waals surface area contributed by atoms with Crippen molar-refractivity contribution in [3.8, 4) is 0 Å². The highest BCUT2D eigenvalue weighted by molar-refractivity contribution is 7.88. The molecule has 1 aromatic heterocycles. The molecule has 0 radical (unpaired) electrons. The van der Waals surface area contributed by atoms with Crippen LogP contribution in [0.2, 0.25) is 0 Å². The number of nitrogens with zero attached hydrogens (tertiary/aromatic N) is 3. The van der Waals surface area contributed by atoms with Gasteiger partial charge in [-0.2, -0.15) is 5.10 Å². The Bertz CT molecular complexity index is 572. The van der Waals surface area contributed by atoms with E-state index < -0.39 is 10.0 Å². The molecule has 0 amide bonds. The molecule has 0 aromatic carbocycles. The zero-order valence-corrected chi connectivity index (χ0v) is 14.4. The van der Waals surface area contributed by atoms with Crippen LogP contribution in [0, 0.1) is 11.8 Å². The summed E-state index contributed by atoms with van der Waals surface area (Å²) in [5.41, 5.74) is 0.926. The third-order valence-electron chi connectivity index (χ3n) is 3.86. The minimum Gasteiger partial charge on any atom is -0.368 e. The average Bonchev–Trinajstić information content (AvgIpc) is 2.46. The van der Waals surface area contributed by atoms with Gasteiger partial charge in [0.2, 0.25) is 10.0 Å². The molecule has 1 aliphatic rings. The standard InChI is InChI=1S/C15H26N4O2S/c1-12(2)10-16-15-7-6-14(17-18-15)9-13-5-4-8-19(11-13)22(3,20)21/h6-7,12-13H,4-5,8-11H2,1-3H3,(H,16,18). The van der Waals surface area contributed by atoms with Crippen LogP contribution in [0.5, 0.6) is 0 Å². The molecule has 7 heteroatoms. The first-order valence-corrected chi connectivity index (χ1v) is 9.71. The van der Waals surface area contributed by atoms with Crippen LogP contribution in [0.15, 0.2) is 12.1 Å². The highest BCUT2D eigenvalue weighted by atomic mass is 32.2. The maximum Gasteiger partial charge on any atom is 0.211 e. The van der Waals surface area contributed by atoms with Gasteiger partial charge >= 0.3 is 0 Å². The summed E-state index contributed by atoms with van der Waals surface area (Å²) in [7, 11) is -3.09. The van der Waals surface area contributed by atoms with Crippen molar-refractivity contribution in [1.82, 2.24) is 14.5 Å². The number of sulfonamides is 1. The van der Waals surface area contributed by atoms with Gasteiger partial charge in [0.15, 0.2) is 0 Å². The Labute approximate surface area is 133 Å². The number of nitrogens with one attached hydrogen (secondary N) is 1. The molecule has 6 nitrogen and oxygen atoms in total. The van der Waals surface area contributed by atoms with Crippen LogP contribution in [-0.4, -0.2) is 48.8 Å². The Morgan fingerprint density at radius 2 is 2.14 bits per heavy atom. The van der Waals surface area contributed by atoms with Crippen LogP contribution in [0.1, 0.15) is 32.4 Å². The zero-order valence-electron chi connectivity index (χ0n) is 13.6. The van der Waals surface area contributed by atoms with E-state index in [4.69, 9.17) is 0 Å². The second kappa shape index (κ2) is 7.37. The fourth-order valence-corrected chi connectivity index (χ4v) is 3.60. The summed E-state index contributed by atoms with van der Waals surface area (Å²) < 4.78 is 24.9. The SMILES string of the molecule is CC(C)CNc1ccc(CC2CCCN(S(C)(=O)=O)C2)nn1. The van der Waals surface area contributed by atoms with Gasteiger partial charge in [0.1, 0.15) is 5.82 Å². The minimum absolute atomic E-state index is 0.326. The Morgan fingerprint density at radius 1 is 1.36 bits per heavy atom. The normalized spacial score (nSPS) is 20.3. The fourth-order valence-electron chi connectivity index (χ4n) is 2.66. The van der Waals surface area contributed by atoms with Gasteiger partial charge in [-0.05, 0) is 43.2 Å². The molecule has 1 fully saturated rings. The van der Waals surface area contributed by atoms with E-state index in [1.165, 1.54) is 6.26 Å². The van der Waals surface area contributed by atoms with Crippen molar-refractivity contribution < 1.29 is 8.42 Å². The third kappa shape index (κ3) is 5.21. The lowest BCUT2D eigenvalue weighted by molar-refractivity contribution is 0.265. The Kier molecular flexibility index (Phi) is 5.74. The van der Waals surface area contributed by atoms with Crippen molar-refractivity contribution in [3.05, 3.63) is 17.8 Å². The molecule has 124 valence electrons. The maximum atomic E-state index is 11.6. The van der Waals surface area contributed by atoms with Crippen molar-refractivity contribution in [3.63, 3.8) is 0 Å². The number of piperidine rings is 1. The van der Waals surface area contributed by atoms with Gasteiger partial charge in [0.25, 0.3) is 0 Å². The second-order valence-electron chi connectivity index (χ2n) is 6.52. The van der Waals surface area contributed by atoms with Crippen LogP contribution in [-0.2, 0) is 16.4 Å². The van der Waals surface area contributed by atoms with Crippen LogP contribution in [0.25, 0.3) is 0 Å². The number of aromatic nitrogens is 2. The molecule has 1 atom stereocenters. The van der Waals surface area contributed by atoms with E-state index in [1.54, 1.807) is 4.31 Å². The second-order valence-corrected chi connectivity index (χ2v) is 8.50. The van der Waals surface area contributed by atoms with E-state index >= 15 is 0 Å². The van der Waals surface area contributed by atoms with Crippen molar-refractivity contribution in [2.24, 2.45) is 11.8 Å². The van der Waals surface area contributed by atoms with Gasteiger partial charge in [-0.25, -0.2) is 12.7 Å². The molecule has 0 saturated carbocycles. The highest BCUT2D eigenvalue weighted by Gasteiger charge is 2.26. The van der Waals surface area contributed by atoms with Crippen LogP contribution < -0.4 is 5.32 Å². The summed E-state index contributed by atoms with van der Waals surface area (Å²) in [6, 6.07) is 3.93. The Morgan fingerprint density at radius 3 is 2.73 bits per heavy atom. The Balaban J connectivity index is 1.90. The third-order valence-corrected chi connectivity index (χ3v) is 5.13. The molecule has 1 N–H and O–H groups in total. The topological polar surface area (TPSA) is 75.2 Å². The molecule has 0 spiro atoms. The van der Waals surface area contributed by atoms with Gasteiger partial charge < -0.3 is 5.32 Å². The molecule has 0 bridgehead atoms. The lowest BCUT2D eigenvalue weighted by Crippen LogP contribution is -2.39. The van der Waals surface area contributed by atoms with E-state index in [9.17, 15) is 8.42 Å². The van der Waals surface area contributed by atoms with E-state index in [-0.39, 0.29) is 0 Å². The molecule has 2 heterocycles. The average molecular weight is 326 g/mol. The van der Waals surface area contributed by atoms with Gasteiger partial charge in [0, 0.05) is 19.6 Å². The highest BCUT2D eigenvalue weighted by Crippen LogP contribution is 2.21. The monoisotopic (exact) mass is 326 g/mol. The van der Waals surface area contributed by atoms with Crippen LogP contribution in [0.4, 0.5) is 5.82 Å². The Hall–Kier alpha value is -1.21. The van der Waals surface area contributed by atoms with Gasteiger partial charge in [-0.1, -0.05) is 13.8 Å². The smallest absolute Gasteiger partial charge is 0.211 e. The summed E-state index contributed by atoms with van der Waals surface area (Å²) in [6.45, 7) is 6.39. The first kappa shape index (κ1) is 17.1. The molecule has 1 aliphatic heterocycles. The molecule has 2 rings (SSSR count). The molecular weight excluding hydrogens is 300 g/mol. The van der Waals surface area contributed by atoms with Crippen LogP contribution in [0.3, 0.4) is 0 Å². The summed E-state index contributed by atoms with van der Waals surface area (Å²) in [5, 5.41) is 11.7. The lowest BCUT2D eigenvalue weighted by Gasteiger charge is -2.30. The van der Waals surface area contributed by atoms with Crippen molar-refractivity contribution in [1.29, 1.82) is 0 Å². The number of hydrogen-bond acceptors (Lipinski definition) is 5. The molecule has 1 aromatic rings. The van der Waals surface area contributed by atoms with E-state index in [0.29, 0.717) is 24.9 Å². The molecular formula is C15H26N4O2S. The first-order valence-electron chi connectivity index (χ1n) is 7.86. The van der Waals surface area contributed by atoms with Crippen LogP contribution >= 0.6 is 0 Å². The van der Waals surface area contributed by atoms with E-state index in [0.717, 1.165) is 37.3 Å². The summed E-state index contributed by atoms with van der Waals surface area (Å²) in [4.78, 5) is 0. The zero-order chi connectivity index (χ0) is 16.2. The minimum atomic E-state index is -3.09. The van der Waals surface area contributed by atoms with Gasteiger partial charge in [-0.3, -0.25) is 0 Å². The van der Waals surface area contributed by atoms with Crippen molar-refractivity contribution in [2.45, 2.75) is 33.1 Å². The van der Waals surface area contributed by atoms with Gasteiger partial charge in [-0.15, -0.1) is 5.10 Å². The number of rotatable bonds is 6. The molecule has 1 unspecified atom stereocenters. The molecule has 0 aliphatic carbocycles. The first-order chi connectivity index (χ1) is 10.3. The van der Waals surface area contributed by atoms with Gasteiger partial charge in [0.05, 0.1) is 11.9 Å². The predicted octanol–water partition coefficient (Wildman–Crippen LogP) is 1.76. The van der Waals surface area contributed by atoms with E-state index in [1.807, 2.05) is 12.1 Å². The summed E-state index contributed by atoms with van der Waals surface area (Å²) in [6.07, 6.45) is 4.02. The van der Waals surface area contributed by atoms with Crippen molar-refractivity contribution >= 4 is 15.8 Å². The van der Waals surface area contributed by atoms with Crippen molar-refractivity contribution in [2.75, 3.05) is 31.2 Å². The number of anilines is 1. The maximum absolute atomic E-state index is 11.6. The largest absolute Gasteiger partial charge is 0.368 e.